The summed E-state index contributed by atoms with van der Waals surface area (Å²) >= 11 is 1.64. The topological polar surface area (TPSA) is 63.5 Å². The quantitative estimate of drug-likeness (QED) is 0.491. The molecular formula is C27H25N3O3S. The molecule has 3 aromatic rings. The van der Waals surface area contributed by atoms with Gasteiger partial charge in [0.2, 0.25) is 0 Å². The second-order valence-electron chi connectivity index (χ2n) is 8.05. The first-order chi connectivity index (χ1) is 16.7. The average molecular weight is 472 g/mol. The molecule has 0 spiro atoms. The SMILES string of the molecule is COc1cc2c(cc1OC)C1=NC(=O)[C@@H](Cc3ccccc3)N1C(SCCc1ccccc1)=N2. The van der Waals surface area contributed by atoms with E-state index in [9.17, 15) is 4.79 Å². The Kier molecular flexibility index (Phi) is 6.36. The van der Waals surface area contributed by atoms with E-state index < -0.39 is 6.04 Å². The Balaban J connectivity index is 1.50. The van der Waals surface area contributed by atoms with Crippen LogP contribution in [-0.4, -0.2) is 47.8 Å². The minimum absolute atomic E-state index is 0.155. The summed E-state index contributed by atoms with van der Waals surface area (Å²) in [6, 6.07) is 23.7. The first-order valence-electron chi connectivity index (χ1n) is 11.2. The zero-order valence-electron chi connectivity index (χ0n) is 19.1. The smallest absolute Gasteiger partial charge is 0.271 e. The van der Waals surface area contributed by atoms with Gasteiger partial charge in [-0.25, -0.2) is 4.99 Å². The van der Waals surface area contributed by atoms with E-state index in [1.54, 1.807) is 26.0 Å². The molecule has 0 saturated heterocycles. The lowest BCUT2D eigenvalue weighted by atomic mass is 10.0. The minimum atomic E-state index is -0.429. The van der Waals surface area contributed by atoms with Gasteiger partial charge in [-0.2, -0.15) is 4.99 Å². The van der Waals surface area contributed by atoms with E-state index in [0.29, 0.717) is 23.8 Å². The largest absolute Gasteiger partial charge is 0.493 e. The number of rotatable bonds is 7. The first kappa shape index (κ1) is 22.2. The van der Waals surface area contributed by atoms with E-state index in [1.165, 1.54) is 5.56 Å². The van der Waals surface area contributed by atoms with Crippen molar-refractivity contribution >= 4 is 34.4 Å². The lowest BCUT2D eigenvalue weighted by Crippen LogP contribution is -2.44. The Morgan fingerprint density at radius 2 is 1.53 bits per heavy atom. The number of amides is 1. The Labute approximate surface area is 203 Å². The van der Waals surface area contributed by atoms with Gasteiger partial charge >= 0.3 is 0 Å². The number of methoxy groups -OCH3 is 2. The molecule has 5 rings (SSSR count). The van der Waals surface area contributed by atoms with Crippen LogP contribution in [0.3, 0.4) is 0 Å². The highest BCUT2D eigenvalue weighted by atomic mass is 32.2. The third kappa shape index (κ3) is 4.31. The van der Waals surface area contributed by atoms with Crippen LogP contribution in [0.2, 0.25) is 0 Å². The number of hydrogen-bond donors (Lipinski definition) is 0. The third-order valence-electron chi connectivity index (χ3n) is 5.94. The van der Waals surface area contributed by atoms with E-state index in [1.807, 2.05) is 65.6 Å². The molecule has 0 fully saturated rings. The van der Waals surface area contributed by atoms with Gasteiger partial charge < -0.3 is 9.47 Å². The predicted molar refractivity (Wildman–Crippen MR) is 137 cm³/mol. The van der Waals surface area contributed by atoms with Gasteiger partial charge in [0.1, 0.15) is 11.9 Å². The van der Waals surface area contributed by atoms with Crippen molar-refractivity contribution < 1.29 is 14.3 Å². The second kappa shape index (κ2) is 9.73. The molecular weight excluding hydrogens is 446 g/mol. The zero-order valence-corrected chi connectivity index (χ0v) is 19.9. The maximum absolute atomic E-state index is 13.1. The van der Waals surface area contributed by atoms with Crippen molar-refractivity contribution in [2.24, 2.45) is 9.98 Å². The van der Waals surface area contributed by atoms with Crippen molar-refractivity contribution in [2.45, 2.75) is 18.9 Å². The number of aliphatic imine (C=N–C) groups is 2. The summed E-state index contributed by atoms with van der Waals surface area (Å²) in [5.41, 5.74) is 3.85. The lowest BCUT2D eigenvalue weighted by molar-refractivity contribution is -0.119. The van der Waals surface area contributed by atoms with E-state index in [2.05, 4.69) is 17.1 Å². The van der Waals surface area contributed by atoms with Crippen molar-refractivity contribution in [3.05, 3.63) is 89.5 Å². The van der Waals surface area contributed by atoms with Gasteiger partial charge in [-0.15, -0.1) is 0 Å². The molecule has 0 bridgehead atoms. The van der Waals surface area contributed by atoms with Crippen molar-refractivity contribution in [3.63, 3.8) is 0 Å². The summed E-state index contributed by atoms with van der Waals surface area (Å²) in [6.07, 6.45) is 1.47. The number of nitrogens with zero attached hydrogens (tertiary/aromatic N) is 3. The summed E-state index contributed by atoms with van der Waals surface area (Å²) < 4.78 is 11.0. The van der Waals surface area contributed by atoms with Gasteiger partial charge in [0.25, 0.3) is 5.91 Å². The highest BCUT2D eigenvalue weighted by Crippen LogP contribution is 2.41. The molecule has 7 heteroatoms. The van der Waals surface area contributed by atoms with Crippen molar-refractivity contribution in [3.8, 4) is 11.5 Å². The summed E-state index contributed by atoms with van der Waals surface area (Å²) in [7, 11) is 3.20. The molecule has 2 aliphatic rings. The molecule has 2 aliphatic heterocycles. The highest BCUT2D eigenvalue weighted by Gasteiger charge is 2.42. The normalized spacial score (nSPS) is 16.5. The number of carbonyl (C=O) groups excluding carboxylic acids is 1. The fraction of sp³-hybridized carbons (Fsp3) is 0.222. The Morgan fingerprint density at radius 1 is 0.882 bits per heavy atom. The van der Waals surface area contributed by atoms with Gasteiger partial charge in [-0.1, -0.05) is 72.4 Å². The molecule has 1 amide bonds. The van der Waals surface area contributed by atoms with Crippen LogP contribution in [0.1, 0.15) is 16.7 Å². The number of fused-ring (bicyclic) bond motifs is 3. The van der Waals surface area contributed by atoms with Crippen LogP contribution in [0.25, 0.3) is 0 Å². The summed E-state index contributed by atoms with van der Waals surface area (Å²) in [5, 5.41) is 0.779. The van der Waals surface area contributed by atoms with Crippen LogP contribution >= 0.6 is 11.8 Å². The second-order valence-corrected chi connectivity index (χ2v) is 9.11. The fourth-order valence-electron chi connectivity index (χ4n) is 4.22. The standard InChI is InChI=1S/C27H25N3O3S/c1-32-23-16-20-21(17-24(23)33-2)28-27(34-14-13-18-9-5-3-6-10-18)30-22(26(31)29-25(20)30)15-19-11-7-4-8-12-19/h3-12,16-17,22H,13-15H2,1-2H3/t22-/m1/s1. The number of thioether (sulfide) groups is 1. The Morgan fingerprint density at radius 3 is 2.21 bits per heavy atom. The monoisotopic (exact) mass is 471 g/mol. The molecule has 1 atom stereocenters. The molecule has 0 unspecified atom stereocenters. The maximum atomic E-state index is 13.1. The van der Waals surface area contributed by atoms with Crippen LogP contribution < -0.4 is 9.47 Å². The number of hydrogen-bond acceptors (Lipinski definition) is 6. The van der Waals surface area contributed by atoms with E-state index >= 15 is 0 Å². The summed E-state index contributed by atoms with van der Waals surface area (Å²) in [6.45, 7) is 0. The van der Waals surface area contributed by atoms with Gasteiger partial charge in [0.15, 0.2) is 16.7 Å². The molecule has 0 aliphatic carbocycles. The molecule has 0 radical (unpaired) electrons. The lowest BCUT2D eigenvalue weighted by Gasteiger charge is -2.31. The van der Waals surface area contributed by atoms with Crippen molar-refractivity contribution in [2.75, 3.05) is 20.0 Å². The molecule has 0 N–H and O–H groups in total. The molecule has 172 valence electrons. The zero-order chi connectivity index (χ0) is 23.5. The number of aryl methyl sites for hydroxylation is 1. The average Bonchev–Trinajstić information content (AvgIpc) is 3.20. The van der Waals surface area contributed by atoms with Crippen molar-refractivity contribution in [1.82, 2.24) is 4.90 Å². The minimum Gasteiger partial charge on any atom is -0.493 e. The van der Waals surface area contributed by atoms with E-state index in [0.717, 1.165) is 34.2 Å². The summed E-state index contributed by atoms with van der Waals surface area (Å²) in [4.78, 5) is 24.6. The molecule has 0 aromatic heterocycles. The van der Waals surface area contributed by atoms with Crippen LogP contribution in [0.4, 0.5) is 5.69 Å². The Hall–Kier alpha value is -3.58. The van der Waals surface area contributed by atoms with Crippen molar-refractivity contribution in [1.29, 1.82) is 0 Å². The van der Waals surface area contributed by atoms with E-state index in [-0.39, 0.29) is 5.91 Å². The van der Waals surface area contributed by atoms with Gasteiger partial charge in [0, 0.05) is 23.8 Å². The van der Waals surface area contributed by atoms with Gasteiger partial charge in [-0.3, -0.25) is 9.69 Å². The first-order valence-corrected chi connectivity index (χ1v) is 12.1. The predicted octanol–water partition coefficient (Wildman–Crippen LogP) is 4.88. The number of ether oxygens (including phenoxy) is 2. The van der Waals surface area contributed by atoms with Crippen LogP contribution in [0.15, 0.2) is 82.8 Å². The number of benzene rings is 3. The molecule has 6 nitrogen and oxygen atoms in total. The van der Waals surface area contributed by atoms with Crippen LogP contribution in [0.5, 0.6) is 11.5 Å². The molecule has 34 heavy (non-hydrogen) atoms. The number of amidine groups is 2. The van der Waals surface area contributed by atoms with Crippen LogP contribution in [0, 0.1) is 0 Å². The van der Waals surface area contributed by atoms with E-state index in [4.69, 9.17) is 14.5 Å². The fourth-order valence-corrected chi connectivity index (χ4v) is 5.26. The van der Waals surface area contributed by atoms with Gasteiger partial charge in [0.05, 0.1) is 19.9 Å². The Bertz CT molecular complexity index is 1260. The summed E-state index contributed by atoms with van der Waals surface area (Å²) in [5.74, 6) is 2.48. The maximum Gasteiger partial charge on any atom is 0.271 e. The molecule has 3 aromatic carbocycles. The highest BCUT2D eigenvalue weighted by molar-refractivity contribution is 8.13. The van der Waals surface area contributed by atoms with Gasteiger partial charge in [-0.05, 0) is 23.6 Å². The third-order valence-corrected chi connectivity index (χ3v) is 6.90. The molecule has 0 saturated carbocycles. The van der Waals surface area contributed by atoms with Crippen LogP contribution in [-0.2, 0) is 17.6 Å². The number of carbonyl (C=O) groups is 1. The molecule has 2 heterocycles.